The quantitative estimate of drug-likeness (QED) is 0.365. The summed E-state index contributed by atoms with van der Waals surface area (Å²) in [6, 6.07) is 20.2. The standard InChI is InChI=1S/C27H30N4O/c1-5-25-23(17-28-30(25)21-13-9-7-10-14-21)19(3)27(32)20(4)24-18-29-31(26(24)6-2)22-15-11-8-12-16-22/h7-20H,5-6H2,1-4H3. The number of benzene rings is 2. The second-order valence-corrected chi connectivity index (χ2v) is 8.14. The Bertz CT molecular complexity index is 1100. The second kappa shape index (κ2) is 9.35. The number of Topliss-reactive ketones (excluding diaryl/α,β-unsaturated/α-hetero) is 1. The summed E-state index contributed by atoms with van der Waals surface area (Å²) in [5.41, 5.74) is 6.20. The van der Waals surface area contributed by atoms with Gasteiger partial charge in [0.05, 0.1) is 23.8 Å². The SMILES string of the molecule is CCc1c(C(C)C(=O)C(C)c2cnn(-c3ccccc3)c2CC)cnn1-c1ccccc1. The minimum absolute atomic E-state index is 0.189. The Labute approximate surface area is 189 Å². The molecule has 4 rings (SSSR count). The third-order valence-electron chi connectivity index (χ3n) is 6.26. The van der Waals surface area contributed by atoms with Crippen LogP contribution in [0.5, 0.6) is 0 Å². The van der Waals surface area contributed by atoms with Crippen molar-refractivity contribution in [1.82, 2.24) is 19.6 Å². The zero-order valence-corrected chi connectivity index (χ0v) is 19.2. The van der Waals surface area contributed by atoms with Crippen molar-refractivity contribution >= 4 is 5.78 Å². The molecule has 0 aliphatic carbocycles. The van der Waals surface area contributed by atoms with Gasteiger partial charge < -0.3 is 0 Å². The first-order valence-electron chi connectivity index (χ1n) is 11.3. The maximum Gasteiger partial charge on any atom is 0.147 e. The van der Waals surface area contributed by atoms with E-state index in [1.54, 1.807) is 0 Å². The lowest BCUT2D eigenvalue weighted by Gasteiger charge is -2.18. The zero-order chi connectivity index (χ0) is 22.7. The van der Waals surface area contributed by atoms with Crippen LogP contribution in [-0.4, -0.2) is 25.3 Å². The summed E-state index contributed by atoms with van der Waals surface area (Å²) in [7, 11) is 0. The highest BCUT2D eigenvalue weighted by Gasteiger charge is 2.29. The van der Waals surface area contributed by atoms with Crippen molar-refractivity contribution in [3.63, 3.8) is 0 Å². The molecule has 5 heteroatoms. The van der Waals surface area contributed by atoms with Gasteiger partial charge in [0, 0.05) is 34.4 Å². The van der Waals surface area contributed by atoms with Crippen LogP contribution >= 0.6 is 0 Å². The number of nitrogens with zero attached hydrogens (tertiary/aromatic N) is 4. The molecule has 0 bridgehead atoms. The molecule has 164 valence electrons. The molecule has 32 heavy (non-hydrogen) atoms. The van der Waals surface area contributed by atoms with Crippen molar-refractivity contribution in [2.24, 2.45) is 0 Å². The van der Waals surface area contributed by atoms with Crippen LogP contribution in [0.25, 0.3) is 11.4 Å². The van der Waals surface area contributed by atoms with E-state index in [1.165, 1.54) is 0 Å². The average molecular weight is 427 g/mol. The van der Waals surface area contributed by atoms with Crippen LogP contribution in [-0.2, 0) is 17.6 Å². The molecule has 2 heterocycles. The van der Waals surface area contributed by atoms with Gasteiger partial charge in [0.15, 0.2) is 0 Å². The van der Waals surface area contributed by atoms with E-state index in [0.717, 1.165) is 46.7 Å². The van der Waals surface area contributed by atoms with Crippen molar-refractivity contribution < 1.29 is 4.79 Å². The summed E-state index contributed by atoms with van der Waals surface area (Å²) in [5, 5.41) is 9.24. The van der Waals surface area contributed by atoms with E-state index >= 15 is 0 Å². The maximum atomic E-state index is 13.6. The van der Waals surface area contributed by atoms with Gasteiger partial charge in [-0.3, -0.25) is 4.79 Å². The Morgan fingerprint density at radius 2 is 1.09 bits per heavy atom. The number of carbonyl (C=O) groups excluding carboxylic acids is 1. The normalized spacial score (nSPS) is 13.1. The lowest BCUT2D eigenvalue weighted by atomic mass is 9.85. The topological polar surface area (TPSA) is 52.7 Å². The Morgan fingerprint density at radius 3 is 1.44 bits per heavy atom. The van der Waals surface area contributed by atoms with Gasteiger partial charge in [-0.2, -0.15) is 10.2 Å². The van der Waals surface area contributed by atoms with E-state index in [-0.39, 0.29) is 17.6 Å². The first-order chi connectivity index (χ1) is 15.6. The molecule has 2 unspecified atom stereocenters. The summed E-state index contributed by atoms with van der Waals surface area (Å²) in [6.45, 7) is 8.22. The van der Waals surface area contributed by atoms with Crippen molar-refractivity contribution in [2.45, 2.75) is 52.4 Å². The first kappa shape index (κ1) is 21.8. The van der Waals surface area contributed by atoms with Crippen molar-refractivity contribution in [3.05, 3.63) is 95.6 Å². The van der Waals surface area contributed by atoms with Crippen LogP contribution < -0.4 is 0 Å². The number of ketones is 1. The Balaban J connectivity index is 1.64. The van der Waals surface area contributed by atoms with Gasteiger partial charge >= 0.3 is 0 Å². The molecule has 0 saturated heterocycles. The van der Waals surface area contributed by atoms with Gasteiger partial charge in [0.1, 0.15) is 5.78 Å². The number of para-hydroxylation sites is 2. The highest BCUT2D eigenvalue weighted by Crippen LogP contribution is 2.31. The largest absolute Gasteiger partial charge is 0.298 e. The van der Waals surface area contributed by atoms with Crippen molar-refractivity contribution in [2.75, 3.05) is 0 Å². The Hall–Kier alpha value is -3.47. The molecule has 5 nitrogen and oxygen atoms in total. The van der Waals surface area contributed by atoms with Crippen LogP contribution in [0, 0.1) is 0 Å². The number of carbonyl (C=O) groups is 1. The molecule has 0 saturated carbocycles. The summed E-state index contributed by atoms with van der Waals surface area (Å²) >= 11 is 0. The fraction of sp³-hybridized carbons (Fsp3) is 0.296. The van der Waals surface area contributed by atoms with E-state index in [9.17, 15) is 4.79 Å². The van der Waals surface area contributed by atoms with Crippen LogP contribution in [0.1, 0.15) is 62.0 Å². The second-order valence-electron chi connectivity index (χ2n) is 8.14. The molecule has 4 aromatic rings. The minimum atomic E-state index is -0.248. The van der Waals surface area contributed by atoms with Gasteiger partial charge in [0.25, 0.3) is 0 Å². The van der Waals surface area contributed by atoms with Gasteiger partial charge in [-0.15, -0.1) is 0 Å². The highest BCUT2D eigenvalue weighted by atomic mass is 16.1. The first-order valence-corrected chi connectivity index (χ1v) is 11.3. The monoisotopic (exact) mass is 426 g/mol. The number of hydrogen-bond donors (Lipinski definition) is 0. The van der Waals surface area contributed by atoms with Crippen molar-refractivity contribution in [1.29, 1.82) is 0 Å². The average Bonchev–Trinajstić information content (AvgIpc) is 3.48. The van der Waals surface area contributed by atoms with Gasteiger partial charge in [-0.05, 0) is 37.1 Å². The third kappa shape index (κ3) is 3.91. The van der Waals surface area contributed by atoms with Crippen LogP contribution in [0.3, 0.4) is 0 Å². The molecule has 0 aliphatic rings. The lowest BCUT2D eigenvalue weighted by Crippen LogP contribution is -2.18. The van der Waals surface area contributed by atoms with E-state index in [2.05, 4.69) is 24.0 Å². The van der Waals surface area contributed by atoms with Gasteiger partial charge in [-0.25, -0.2) is 9.36 Å². The summed E-state index contributed by atoms with van der Waals surface area (Å²) in [6.07, 6.45) is 5.33. The molecule has 0 amide bonds. The number of hydrogen-bond acceptors (Lipinski definition) is 3. The van der Waals surface area contributed by atoms with Gasteiger partial charge in [0.2, 0.25) is 0 Å². The Morgan fingerprint density at radius 1 is 0.719 bits per heavy atom. The molecule has 0 fully saturated rings. The molecule has 2 aromatic carbocycles. The molecule has 0 aliphatic heterocycles. The highest BCUT2D eigenvalue weighted by molar-refractivity contribution is 5.91. The molecule has 0 N–H and O–H groups in total. The van der Waals surface area contributed by atoms with E-state index in [0.29, 0.717) is 0 Å². The van der Waals surface area contributed by atoms with Crippen LogP contribution in [0.4, 0.5) is 0 Å². The molecular weight excluding hydrogens is 396 g/mol. The Kier molecular flexibility index (Phi) is 6.35. The molecule has 2 atom stereocenters. The summed E-state index contributed by atoms with van der Waals surface area (Å²) < 4.78 is 3.91. The maximum absolute atomic E-state index is 13.6. The van der Waals surface area contributed by atoms with E-state index in [4.69, 9.17) is 0 Å². The zero-order valence-electron chi connectivity index (χ0n) is 19.2. The van der Waals surface area contributed by atoms with Crippen molar-refractivity contribution in [3.8, 4) is 11.4 Å². The van der Waals surface area contributed by atoms with Crippen LogP contribution in [0.15, 0.2) is 73.1 Å². The smallest absolute Gasteiger partial charge is 0.147 e. The fourth-order valence-electron chi connectivity index (χ4n) is 4.47. The summed E-state index contributed by atoms with van der Waals surface area (Å²) in [5.74, 6) is -0.306. The predicted molar refractivity (Wildman–Crippen MR) is 128 cm³/mol. The number of rotatable bonds is 8. The lowest BCUT2D eigenvalue weighted by molar-refractivity contribution is -0.121. The third-order valence-corrected chi connectivity index (χ3v) is 6.26. The molecular formula is C27H30N4O. The number of aromatic nitrogens is 4. The molecule has 0 radical (unpaired) electrons. The minimum Gasteiger partial charge on any atom is -0.298 e. The van der Waals surface area contributed by atoms with E-state index < -0.39 is 0 Å². The molecule has 2 aromatic heterocycles. The molecule has 0 spiro atoms. The van der Waals surface area contributed by atoms with Gasteiger partial charge in [-0.1, -0.05) is 64.1 Å². The van der Waals surface area contributed by atoms with E-state index in [1.807, 2.05) is 96.3 Å². The van der Waals surface area contributed by atoms with Crippen LogP contribution in [0.2, 0.25) is 0 Å². The predicted octanol–water partition coefficient (Wildman–Crippen LogP) is 5.66. The summed E-state index contributed by atoms with van der Waals surface area (Å²) in [4.78, 5) is 13.6. The fourth-order valence-corrected chi connectivity index (χ4v) is 4.47.